The van der Waals surface area contributed by atoms with Gasteiger partial charge in [-0.3, -0.25) is 10.2 Å². The quantitative estimate of drug-likeness (QED) is 0.359. The Bertz CT molecular complexity index is 1620. The lowest BCUT2D eigenvalue weighted by Crippen LogP contribution is -2.35. The molecular weight excluding hydrogens is 514 g/mol. The number of amides is 1. The number of benzene rings is 2. The number of sulfone groups is 1. The van der Waals surface area contributed by atoms with Crippen molar-refractivity contribution in [2.45, 2.75) is 13.0 Å². The number of nitrogens with zero attached hydrogens (tertiary/aromatic N) is 4. The molecular formula is C25H23N5O5S2. The van der Waals surface area contributed by atoms with Crippen molar-refractivity contribution >= 4 is 59.9 Å². The summed E-state index contributed by atoms with van der Waals surface area (Å²) in [7, 11) is -1.99. The van der Waals surface area contributed by atoms with Crippen molar-refractivity contribution in [1.82, 2.24) is 9.58 Å². The molecule has 1 N–H and O–H groups in total. The lowest BCUT2D eigenvalue weighted by atomic mass is 10.1. The van der Waals surface area contributed by atoms with Crippen molar-refractivity contribution in [2.75, 3.05) is 20.0 Å². The number of thioether (sulfide) groups is 1. The lowest BCUT2D eigenvalue weighted by molar-refractivity contribution is -0.114. The van der Waals surface area contributed by atoms with Gasteiger partial charge in [0.1, 0.15) is 0 Å². The van der Waals surface area contributed by atoms with Gasteiger partial charge in [0.25, 0.3) is 5.91 Å². The number of nitrogens with one attached hydrogen (secondary N) is 1. The van der Waals surface area contributed by atoms with E-state index in [9.17, 15) is 13.2 Å². The third-order valence-corrected chi connectivity index (χ3v) is 8.32. The molecule has 3 heterocycles. The molecule has 0 spiro atoms. The smallest absolute Gasteiger partial charge is 0.283 e. The number of ether oxygens (including phenoxy) is 2. The highest BCUT2D eigenvalue weighted by atomic mass is 32.3. The second-order valence-electron chi connectivity index (χ2n) is 8.31. The fraction of sp³-hybridized carbons (Fsp3) is 0.200. The van der Waals surface area contributed by atoms with Gasteiger partial charge >= 0.3 is 0 Å². The monoisotopic (exact) mass is 537 g/mol. The molecule has 0 saturated heterocycles. The van der Waals surface area contributed by atoms with Crippen molar-refractivity contribution < 1.29 is 22.7 Å². The second-order valence-corrected chi connectivity index (χ2v) is 11.5. The normalized spacial score (nSPS) is 16.7. The Morgan fingerprint density at radius 3 is 2.59 bits per heavy atom. The highest BCUT2D eigenvalue weighted by Crippen LogP contribution is 2.31. The summed E-state index contributed by atoms with van der Waals surface area (Å²) in [5.41, 5.74) is 1.75. The van der Waals surface area contributed by atoms with E-state index >= 15 is 0 Å². The molecule has 1 aromatic heterocycles. The fourth-order valence-electron chi connectivity index (χ4n) is 4.01. The Hall–Kier alpha value is -3.90. The Morgan fingerprint density at radius 2 is 1.84 bits per heavy atom. The van der Waals surface area contributed by atoms with E-state index in [1.807, 2.05) is 54.7 Å². The number of carbonyl (C=O) groups excluding carboxylic acids is 1. The molecule has 0 bridgehead atoms. The number of aryl methyl sites for hydroxylation is 1. The van der Waals surface area contributed by atoms with Crippen LogP contribution >= 0.6 is 11.8 Å². The molecule has 0 atom stereocenters. The van der Waals surface area contributed by atoms with Crippen LogP contribution in [0.25, 0.3) is 17.0 Å². The minimum Gasteiger partial charge on any atom is -0.493 e. The summed E-state index contributed by atoms with van der Waals surface area (Å²) in [5, 5.41) is 14.6. The molecule has 37 heavy (non-hydrogen) atoms. The molecule has 5 rings (SSSR count). The molecule has 190 valence electrons. The van der Waals surface area contributed by atoms with Gasteiger partial charge in [0, 0.05) is 35.5 Å². The van der Waals surface area contributed by atoms with Crippen molar-refractivity contribution in [2.24, 2.45) is 10.1 Å². The van der Waals surface area contributed by atoms with Crippen molar-refractivity contribution in [3.63, 3.8) is 0 Å². The zero-order chi connectivity index (χ0) is 26.2. The third kappa shape index (κ3) is 4.89. The van der Waals surface area contributed by atoms with Crippen LogP contribution < -0.4 is 9.47 Å². The Balaban J connectivity index is 1.38. The molecule has 0 saturated carbocycles. The minimum absolute atomic E-state index is 0.0326. The predicted molar refractivity (Wildman–Crippen MR) is 145 cm³/mol. The van der Waals surface area contributed by atoms with E-state index in [0.717, 1.165) is 45.9 Å². The highest BCUT2D eigenvalue weighted by Gasteiger charge is 2.38. The summed E-state index contributed by atoms with van der Waals surface area (Å²) in [6, 6.07) is 15.3. The van der Waals surface area contributed by atoms with Gasteiger partial charge in [-0.15, -0.1) is 5.10 Å². The first-order valence-corrected chi connectivity index (χ1v) is 14.0. The number of hydrogen-bond donors (Lipinski definition) is 1. The summed E-state index contributed by atoms with van der Waals surface area (Å²) in [6.45, 7) is 1.15. The Kier molecular flexibility index (Phi) is 6.61. The number of hydrazone groups is 1. The first-order valence-electron chi connectivity index (χ1n) is 11.3. The zero-order valence-corrected chi connectivity index (χ0v) is 21.7. The first-order chi connectivity index (χ1) is 17.8. The van der Waals surface area contributed by atoms with E-state index < -0.39 is 15.7 Å². The number of aliphatic imine (C=N–C) groups is 1. The van der Waals surface area contributed by atoms with Gasteiger partial charge in [-0.25, -0.2) is 8.42 Å². The molecule has 1 amide bonds. The minimum atomic E-state index is -3.59. The SMILES string of the molecule is COc1ccccc1OCCCn1cc(/C=C2/C(=N)N3N=C(S(C)(=O)=O)SC3=NC2=O)c2ccccc21. The molecule has 2 aliphatic rings. The Morgan fingerprint density at radius 1 is 1.11 bits per heavy atom. The molecule has 3 aromatic rings. The van der Waals surface area contributed by atoms with Gasteiger partial charge in [0.15, 0.2) is 17.3 Å². The van der Waals surface area contributed by atoms with Gasteiger partial charge in [-0.1, -0.05) is 30.3 Å². The second kappa shape index (κ2) is 9.87. The lowest BCUT2D eigenvalue weighted by Gasteiger charge is -2.19. The molecule has 10 nitrogen and oxygen atoms in total. The fourth-order valence-corrected chi connectivity index (χ4v) is 5.70. The van der Waals surface area contributed by atoms with Crippen LogP contribution in [0, 0.1) is 5.41 Å². The van der Waals surface area contributed by atoms with E-state index in [2.05, 4.69) is 14.7 Å². The largest absolute Gasteiger partial charge is 0.493 e. The average Bonchev–Trinajstić information content (AvgIpc) is 3.47. The van der Waals surface area contributed by atoms with Crippen molar-refractivity contribution in [3.8, 4) is 11.5 Å². The van der Waals surface area contributed by atoms with Gasteiger partial charge in [0.2, 0.25) is 19.4 Å². The van der Waals surface area contributed by atoms with Crippen LogP contribution in [0.2, 0.25) is 0 Å². The van der Waals surface area contributed by atoms with E-state index in [1.165, 1.54) is 0 Å². The van der Waals surface area contributed by atoms with E-state index in [0.29, 0.717) is 24.7 Å². The molecule has 2 aromatic carbocycles. The number of methoxy groups -OCH3 is 1. The molecule has 0 radical (unpaired) electrons. The van der Waals surface area contributed by atoms with Crippen molar-refractivity contribution in [3.05, 3.63) is 65.9 Å². The van der Waals surface area contributed by atoms with E-state index in [4.69, 9.17) is 14.9 Å². The summed E-state index contributed by atoms with van der Waals surface area (Å²) in [4.78, 5) is 16.7. The van der Waals surface area contributed by atoms with Gasteiger partial charge in [0.05, 0.1) is 19.3 Å². The van der Waals surface area contributed by atoms with Crippen molar-refractivity contribution in [1.29, 1.82) is 5.41 Å². The van der Waals surface area contributed by atoms with Crippen LogP contribution in [0.4, 0.5) is 0 Å². The van der Waals surface area contributed by atoms with Gasteiger partial charge < -0.3 is 14.0 Å². The third-order valence-electron chi connectivity index (χ3n) is 5.74. The van der Waals surface area contributed by atoms with Crippen LogP contribution in [-0.4, -0.2) is 59.3 Å². The maximum atomic E-state index is 12.8. The highest BCUT2D eigenvalue weighted by molar-refractivity contribution is 8.42. The summed E-state index contributed by atoms with van der Waals surface area (Å²) < 4.78 is 36.9. The number of amidine groups is 2. The number of hydrogen-bond acceptors (Lipinski definition) is 8. The standard InChI is InChI=1S/C25H23N5O5S2/c1-34-20-10-5-6-11-21(20)35-13-7-12-29-15-16(17-8-3-4-9-19(17)29)14-18-22(26)30-24(27-23(18)31)36-25(28-30)37(2,32)33/h3-6,8-11,14-15,26H,7,12-13H2,1-2H3/b18-14-,26-22?. The molecule has 0 unspecified atom stereocenters. The van der Waals surface area contributed by atoms with Gasteiger partial charge in [-0.05, 0) is 42.5 Å². The molecule has 0 fully saturated rings. The van der Waals surface area contributed by atoms with Crippen LogP contribution in [0.1, 0.15) is 12.0 Å². The van der Waals surface area contributed by atoms with Crippen LogP contribution in [-0.2, 0) is 21.2 Å². The van der Waals surface area contributed by atoms with E-state index in [-0.39, 0.29) is 21.0 Å². The number of para-hydroxylation sites is 3. The average molecular weight is 538 g/mol. The van der Waals surface area contributed by atoms with Crippen LogP contribution in [0.15, 0.2) is 70.4 Å². The predicted octanol–water partition coefficient (Wildman–Crippen LogP) is 3.74. The molecule has 0 aliphatic carbocycles. The summed E-state index contributed by atoms with van der Waals surface area (Å²) in [5.74, 6) is 0.528. The number of carbonyl (C=O) groups is 1. The first kappa shape index (κ1) is 24.8. The number of rotatable bonds is 7. The maximum absolute atomic E-state index is 12.8. The van der Waals surface area contributed by atoms with Crippen LogP contribution in [0.3, 0.4) is 0 Å². The molecule has 12 heteroatoms. The van der Waals surface area contributed by atoms with E-state index in [1.54, 1.807) is 13.2 Å². The Labute approximate surface area is 217 Å². The summed E-state index contributed by atoms with van der Waals surface area (Å²) in [6.07, 6.45) is 5.28. The maximum Gasteiger partial charge on any atom is 0.283 e. The van der Waals surface area contributed by atoms with Crippen LogP contribution in [0.5, 0.6) is 11.5 Å². The zero-order valence-electron chi connectivity index (χ0n) is 20.0. The van der Waals surface area contributed by atoms with Gasteiger partial charge in [-0.2, -0.15) is 10.0 Å². The molecule has 2 aliphatic heterocycles. The summed E-state index contributed by atoms with van der Waals surface area (Å²) >= 11 is 0.761. The topological polar surface area (TPSA) is 126 Å². The number of aromatic nitrogens is 1. The number of fused-ring (bicyclic) bond motifs is 2.